The van der Waals surface area contributed by atoms with Crippen LogP contribution in [-0.2, 0) is 6.54 Å². The van der Waals surface area contributed by atoms with Gasteiger partial charge in [-0.15, -0.1) is 5.10 Å². The highest BCUT2D eigenvalue weighted by atomic mass is 35.5. The number of nitrogens with zero attached hydrogens (tertiary/aromatic N) is 3. The number of rotatable bonds is 4. The highest BCUT2D eigenvalue weighted by Gasteiger charge is 2.09. The Morgan fingerprint density at radius 3 is 3.00 bits per heavy atom. The Morgan fingerprint density at radius 1 is 1.50 bits per heavy atom. The van der Waals surface area contributed by atoms with Crippen LogP contribution in [0.2, 0.25) is 5.02 Å². The van der Waals surface area contributed by atoms with Gasteiger partial charge in [0.15, 0.2) is 0 Å². The van der Waals surface area contributed by atoms with Gasteiger partial charge < -0.3 is 5.73 Å². The van der Waals surface area contributed by atoms with Crippen LogP contribution in [0, 0.1) is 5.82 Å². The SMILES string of the molecule is CCC(N)c1cn(Cc2cc(F)ccc2Cl)nn1. The molecular weight excluding hydrogens is 255 g/mol. The first kappa shape index (κ1) is 13.0. The van der Waals surface area contributed by atoms with E-state index in [1.165, 1.54) is 18.2 Å². The molecule has 1 atom stereocenters. The first-order valence-electron chi connectivity index (χ1n) is 5.69. The maximum Gasteiger partial charge on any atom is 0.123 e. The standard InChI is InChI=1S/C12H14ClFN4/c1-2-11(15)12-7-18(17-16-12)6-8-5-9(14)3-4-10(8)13/h3-5,7,11H,2,6,15H2,1H3. The first-order chi connectivity index (χ1) is 8.60. The average Bonchev–Trinajstić information content (AvgIpc) is 2.81. The van der Waals surface area contributed by atoms with E-state index in [0.29, 0.717) is 17.1 Å². The van der Waals surface area contributed by atoms with Crippen LogP contribution in [0.3, 0.4) is 0 Å². The third kappa shape index (κ3) is 2.86. The zero-order valence-electron chi connectivity index (χ0n) is 9.98. The third-order valence-electron chi connectivity index (χ3n) is 2.72. The Morgan fingerprint density at radius 2 is 2.28 bits per heavy atom. The van der Waals surface area contributed by atoms with E-state index in [1.807, 2.05) is 6.92 Å². The van der Waals surface area contributed by atoms with Crippen LogP contribution in [0.5, 0.6) is 0 Å². The van der Waals surface area contributed by atoms with Crippen LogP contribution < -0.4 is 5.73 Å². The highest BCUT2D eigenvalue weighted by molar-refractivity contribution is 6.31. The van der Waals surface area contributed by atoms with Crippen LogP contribution in [0.15, 0.2) is 24.4 Å². The number of hydrogen-bond acceptors (Lipinski definition) is 3. The zero-order chi connectivity index (χ0) is 13.1. The minimum absolute atomic E-state index is 0.123. The molecule has 0 saturated heterocycles. The molecule has 2 rings (SSSR count). The predicted molar refractivity (Wildman–Crippen MR) is 67.8 cm³/mol. The third-order valence-corrected chi connectivity index (χ3v) is 3.08. The number of benzene rings is 1. The van der Waals surface area contributed by atoms with Crippen molar-refractivity contribution in [3.05, 3.63) is 46.5 Å². The smallest absolute Gasteiger partial charge is 0.123 e. The maximum atomic E-state index is 13.1. The second kappa shape index (κ2) is 5.46. The molecule has 0 radical (unpaired) electrons. The molecule has 2 N–H and O–H groups in total. The highest BCUT2D eigenvalue weighted by Crippen LogP contribution is 2.18. The van der Waals surface area contributed by atoms with Gasteiger partial charge in [0.2, 0.25) is 0 Å². The van der Waals surface area contributed by atoms with Gasteiger partial charge in [0.25, 0.3) is 0 Å². The quantitative estimate of drug-likeness (QED) is 0.927. The van der Waals surface area contributed by atoms with Crippen LogP contribution in [0.1, 0.15) is 30.6 Å². The Kier molecular flexibility index (Phi) is 3.93. The lowest BCUT2D eigenvalue weighted by molar-refractivity contribution is 0.614. The summed E-state index contributed by atoms with van der Waals surface area (Å²) in [5.41, 5.74) is 7.24. The van der Waals surface area contributed by atoms with Crippen molar-refractivity contribution in [2.75, 3.05) is 0 Å². The van der Waals surface area contributed by atoms with E-state index >= 15 is 0 Å². The summed E-state index contributed by atoms with van der Waals surface area (Å²) in [4.78, 5) is 0. The molecule has 18 heavy (non-hydrogen) atoms. The van der Waals surface area contributed by atoms with Crippen molar-refractivity contribution in [1.29, 1.82) is 0 Å². The molecule has 0 saturated carbocycles. The summed E-state index contributed by atoms with van der Waals surface area (Å²) in [6, 6.07) is 4.12. The van der Waals surface area contributed by atoms with Gasteiger partial charge in [-0.25, -0.2) is 9.07 Å². The van der Waals surface area contributed by atoms with Gasteiger partial charge in [-0.1, -0.05) is 23.7 Å². The fourth-order valence-electron chi connectivity index (χ4n) is 1.61. The molecule has 0 aliphatic heterocycles. The molecule has 1 heterocycles. The second-order valence-electron chi connectivity index (χ2n) is 4.09. The lowest BCUT2D eigenvalue weighted by atomic mass is 10.2. The summed E-state index contributed by atoms with van der Waals surface area (Å²) >= 11 is 5.99. The summed E-state index contributed by atoms with van der Waals surface area (Å²) in [5.74, 6) is -0.319. The largest absolute Gasteiger partial charge is 0.323 e. The molecule has 0 aliphatic rings. The van der Waals surface area contributed by atoms with Gasteiger partial charge >= 0.3 is 0 Å². The number of hydrogen-bond donors (Lipinski definition) is 1. The van der Waals surface area contributed by atoms with Crippen LogP contribution >= 0.6 is 11.6 Å². The lowest BCUT2D eigenvalue weighted by Gasteiger charge is -2.04. The van der Waals surface area contributed by atoms with Gasteiger partial charge in [-0.3, -0.25) is 0 Å². The normalized spacial score (nSPS) is 12.7. The van der Waals surface area contributed by atoms with Crippen molar-refractivity contribution in [1.82, 2.24) is 15.0 Å². The molecule has 1 aromatic heterocycles. The number of nitrogens with two attached hydrogens (primary N) is 1. The summed E-state index contributed by atoms with van der Waals surface area (Å²) < 4.78 is 14.7. The minimum Gasteiger partial charge on any atom is -0.323 e. The topological polar surface area (TPSA) is 56.7 Å². The van der Waals surface area contributed by atoms with Gasteiger partial charge in [-0.05, 0) is 30.2 Å². The number of halogens is 2. The molecule has 0 aliphatic carbocycles. The predicted octanol–water partition coefficient (Wildman–Crippen LogP) is 2.53. The fourth-order valence-corrected chi connectivity index (χ4v) is 1.79. The second-order valence-corrected chi connectivity index (χ2v) is 4.50. The molecule has 0 spiro atoms. The molecular formula is C12H14ClFN4. The van der Waals surface area contributed by atoms with Crippen molar-refractivity contribution in [3.8, 4) is 0 Å². The average molecular weight is 269 g/mol. The summed E-state index contributed by atoms with van der Waals surface area (Å²) in [7, 11) is 0. The van der Waals surface area contributed by atoms with Crippen molar-refractivity contribution >= 4 is 11.6 Å². The Bertz CT molecular complexity index is 541. The van der Waals surface area contributed by atoms with Gasteiger partial charge in [0.05, 0.1) is 24.5 Å². The van der Waals surface area contributed by atoms with E-state index in [-0.39, 0.29) is 11.9 Å². The van der Waals surface area contributed by atoms with E-state index in [0.717, 1.165) is 12.1 Å². The summed E-state index contributed by atoms with van der Waals surface area (Å²) in [6.07, 6.45) is 2.55. The molecule has 4 nitrogen and oxygen atoms in total. The molecule has 0 fully saturated rings. The van der Waals surface area contributed by atoms with Gasteiger partial charge in [0, 0.05) is 5.02 Å². The molecule has 0 bridgehead atoms. The van der Waals surface area contributed by atoms with Crippen LogP contribution in [-0.4, -0.2) is 15.0 Å². The van der Waals surface area contributed by atoms with Crippen LogP contribution in [0.25, 0.3) is 0 Å². The van der Waals surface area contributed by atoms with E-state index in [1.54, 1.807) is 10.9 Å². The first-order valence-corrected chi connectivity index (χ1v) is 6.07. The zero-order valence-corrected chi connectivity index (χ0v) is 10.7. The molecule has 0 amide bonds. The van der Waals surface area contributed by atoms with Crippen molar-refractivity contribution in [2.24, 2.45) is 5.73 Å². The molecule has 1 aromatic carbocycles. The number of aromatic nitrogens is 3. The van der Waals surface area contributed by atoms with E-state index in [2.05, 4.69) is 10.3 Å². The van der Waals surface area contributed by atoms with Crippen molar-refractivity contribution in [2.45, 2.75) is 25.9 Å². The van der Waals surface area contributed by atoms with Crippen molar-refractivity contribution < 1.29 is 4.39 Å². The maximum absolute atomic E-state index is 13.1. The van der Waals surface area contributed by atoms with E-state index < -0.39 is 0 Å². The summed E-state index contributed by atoms with van der Waals surface area (Å²) in [6.45, 7) is 2.35. The van der Waals surface area contributed by atoms with E-state index in [4.69, 9.17) is 17.3 Å². The summed E-state index contributed by atoms with van der Waals surface area (Å²) in [5, 5.41) is 8.45. The minimum atomic E-state index is -0.319. The molecule has 96 valence electrons. The van der Waals surface area contributed by atoms with Crippen LogP contribution in [0.4, 0.5) is 4.39 Å². The molecule has 6 heteroatoms. The van der Waals surface area contributed by atoms with Gasteiger partial charge in [0.1, 0.15) is 5.82 Å². The fraction of sp³-hybridized carbons (Fsp3) is 0.333. The Labute approximate surface area is 110 Å². The lowest BCUT2D eigenvalue weighted by Crippen LogP contribution is -2.08. The Balaban J connectivity index is 2.18. The van der Waals surface area contributed by atoms with Crippen molar-refractivity contribution in [3.63, 3.8) is 0 Å². The molecule has 1 unspecified atom stereocenters. The Hall–Kier alpha value is -1.46. The van der Waals surface area contributed by atoms with E-state index in [9.17, 15) is 4.39 Å². The molecule has 2 aromatic rings. The van der Waals surface area contributed by atoms with Gasteiger partial charge in [-0.2, -0.15) is 0 Å². The monoisotopic (exact) mass is 268 g/mol.